The van der Waals surface area contributed by atoms with Crippen LogP contribution >= 0.6 is 0 Å². The van der Waals surface area contributed by atoms with Crippen LogP contribution in [0.4, 0.5) is 0 Å². The van der Waals surface area contributed by atoms with Crippen LogP contribution in [0.3, 0.4) is 0 Å². The lowest BCUT2D eigenvalue weighted by molar-refractivity contribution is -0.0603. The Morgan fingerprint density at radius 3 is 2.14 bits per heavy atom. The molecule has 0 radical (unpaired) electrons. The average molecular weight is 285 g/mol. The van der Waals surface area contributed by atoms with Gasteiger partial charge in [0.15, 0.2) is 0 Å². The Kier molecular flexibility index (Phi) is 2.86. The summed E-state index contributed by atoms with van der Waals surface area (Å²) in [6, 6.07) is 6.28. The van der Waals surface area contributed by atoms with Gasteiger partial charge in [0.2, 0.25) is 5.76 Å². The van der Waals surface area contributed by atoms with Gasteiger partial charge >= 0.3 is 5.97 Å². The number of furan rings is 1. The van der Waals surface area contributed by atoms with Crippen LogP contribution < -0.4 is 0 Å². The third kappa shape index (κ3) is 1.92. The summed E-state index contributed by atoms with van der Waals surface area (Å²) < 4.78 is 5.09. The zero-order chi connectivity index (χ0) is 15.1. The second-order valence-electron chi connectivity index (χ2n) is 4.70. The number of hydroxylamine groups is 2. The van der Waals surface area contributed by atoms with E-state index in [1.165, 1.54) is 18.4 Å². The summed E-state index contributed by atoms with van der Waals surface area (Å²) in [6.07, 6.45) is 1.41. The van der Waals surface area contributed by atoms with E-state index in [1.807, 2.05) is 0 Å². The van der Waals surface area contributed by atoms with Gasteiger partial charge < -0.3 is 9.25 Å². The van der Waals surface area contributed by atoms with Crippen molar-refractivity contribution in [3.05, 3.63) is 58.5 Å². The van der Waals surface area contributed by atoms with Gasteiger partial charge in [-0.05, 0) is 31.5 Å². The zero-order valence-corrected chi connectivity index (χ0v) is 11.4. The molecule has 0 saturated carbocycles. The third-order valence-corrected chi connectivity index (χ3v) is 3.40. The molecule has 0 saturated heterocycles. The lowest BCUT2D eigenvalue weighted by atomic mass is 10.1. The van der Waals surface area contributed by atoms with E-state index in [4.69, 9.17) is 9.25 Å². The topological polar surface area (TPSA) is 76.8 Å². The van der Waals surface area contributed by atoms with Crippen LogP contribution in [0.2, 0.25) is 0 Å². The summed E-state index contributed by atoms with van der Waals surface area (Å²) in [5.74, 6) is -2.23. The first-order chi connectivity index (χ1) is 10.0. The molecule has 0 aliphatic carbocycles. The molecular weight excluding hydrogens is 274 g/mol. The van der Waals surface area contributed by atoms with Gasteiger partial charge in [0.05, 0.1) is 17.4 Å². The van der Waals surface area contributed by atoms with Crippen molar-refractivity contribution in [1.29, 1.82) is 0 Å². The Labute approximate surface area is 119 Å². The Bertz CT molecular complexity index is 739. The molecule has 0 spiro atoms. The van der Waals surface area contributed by atoms with Crippen LogP contribution in [0.25, 0.3) is 0 Å². The second-order valence-corrected chi connectivity index (χ2v) is 4.70. The van der Waals surface area contributed by atoms with Crippen molar-refractivity contribution < 1.29 is 23.6 Å². The molecule has 0 N–H and O–H groups in total. The highest BCUT2D eigenvalue weighted by Gasteiger charge is 2.39. The number of hydrogen-bond acceptors (Lipinski definition) is 5. The monoisotopic (exact) mass is 285 g/mol. The molecule has 0 unspecified atom stereocenters. The number of carbonyl (C=O) groups is 3. The first-order valence-electron chi connectivity index (χ1n) is 6.25. The standard InChI is InChI=1S/C15H11NO5/c1-8-7-20-12(9(8)2)15(19)21-16-13(17)10-5-3-4-6-11(10)14(16)18/h3-7H,1-2H3. The molecule has 2 heterocycles. The number of carbonyl (C=O) groups excluding carboxylic acids is 3. The number of hydrogen-bond donors (Lipinski definition) is 0. The van der Waals surface area contributed by atoms with Gasteiger partial charge in [-0.2, -0.15) is 0 Å². The molecule has 3 rings (SSSR count). The van der Waals surface area contributed by atoms with Gasteiger partial charge in [0, 0.05) is 5.56 Å². The summed E-state index contributed by atoms with van der Waals surface area (Å²) in [5.41, 5.74) is 1.81. The van der Waals surface area contributed by atoms with Crippen molar-refractivity contribution in [2.45, 2.75) is 13.8 Å². The average Bonchev–Trinajstić information content (AvgIpc) is 2.93. The molecule has 6 nitrogen and oxygen atoms in total. The Balaban J connectivity index is 1.87. The molecule has 2 aromatic rings. The predicted octanol–water partition coefficient (Wildman–Crippen LogP) is 2.26. The molecule has 106 valence electrons. The number of fused-ring (bicyclic) bond motifs is 1. The van der Waals surface area contributed by atoms with Gasteiger partial charge in [0.25, 0.3) is 11.8 Å². The van der Waals surface area contributed by atoms with Crippen LogP contribution in [0.1, 0.15) is 42.4 Å². The minimum Gasteiger partial charge on any atom is -0.457 e. The molecule has 1 aromatic heterocycles. The molecule has 0 atom stereocenters. The normalized spacial score (nSPS) is 13.5. The molecule has 1 aliphatic rings. The number of benzene rings is 1. The first kappa shape index (κ1) is 13.1. The van der Waals surface area contributed by atoms with Gasteiger partial charge in [-0.1, -0.05) is 17.2 Å². The first-order valence-corrected chi connectivity index (χ1v) is 6.25. The summed E-state index contributed by atoms with van der Waals surface area (Å²) in [4.78, 5) is 41.0. The minimum absolute atomic E-state index is 0.0240. The van der Waals surface area contributed by atoms with E-state index < -0.39 is 17.8 Å². The Morgan fingerprint density at radius 2 is 1.67 bits per heavy atom. The van der Waals surface area contributed by atoms with Crippen LogP contribution in [-0.4, -0.2) is 22.8 Å². The van der Waals surface area contributed by atoms with Crippen molar-refractivity contribution in [1.82, 2.24) is 5.06 Å². The van der Waals surface area contributed by atoms with Crippen molar-refractivity contribution in [2.75, 3.05) is 0 Å². The molecule has 6 heteroatoms. The van der Waals surface area contributed by atoms with Gasteiger partial charge in [0.1, 0.15) is 0 Å². The van der Waals surface area contributed by atoms with Crippen molar-refractivity contribution >= 4 is 17.8 Å². The maximum Gasteiger partial charge on any atom is 0.399 e. The predicted molar refractivity (Wildman–Crippen MR) is 70.5 cm³/mol. The fourth-order valence-electron chi connectivity index (χ4n) is 2.08. The van der Waals surface area contributed by atoms with Gasteiger partial charge in [-0.15, -0.1) is 0 Å². The summed E-state index contributed by atoms with van der Waals surface area (Å²) >= 11 is 0. The second kappa shape index (κ2) is 4.59. The Morgan fingerprint density at radius 1 is 1.10 bits per heavy atom. The highest BCUT2D eigenvalue weighted by atomic mass is 16.7. The molecule has 1 aromatic carbocycles. The molecule has 21 heavy (non-hydrogen) atoms. The van der Waals surface area contributed by atoms with Crippen LogP contribution in [0, 0.1) is 13.8 Å². The van der Waals surface area contributed by atoms with Crippen LogP contribution in [0.5, 0.6) is 0 Å². The SMILES string of the molecule is Cc1coc(C(=O)ON2C(=O)c3ccccc3C2=O)c1C. The molecule has 1 aliphatic heterocycles. The molecule has 0 bridgehead atoms. The van der Waals surface area contributed by atoms with E-state index >= 15 is 0 Å². The number of nitrogens with zero attached hydrogens (tertiary/aromatic N) is 1. The minimum atomic E-state index is -0.880. The third-order valence-electron chi connectivity index (χ3n) is 3.40. The van der Waals surface area contributed by atoms with Crippen molar-refractivity contribution in [2.24, 2.45) is 0 Å². The largest absolute Gasteiger partial charge is 0.457 e. The smallest absolute Gasteiger partial charge is 0.399 e. The van der Waals surface area contributed by atoms with Gasteiger partial charge in [-0.3, -0.25) is 9.59 Å². The zero-order valence-electron chi connectivity index (χ0n) is 11.4. The van der Waals surface area contributed by atoms with E-state index in [0.717, 1.165) is 5.56 Å². The number of rotatable bonds is 2. The Hall–Kier alpha value is -2.89. The van der Waals surface area contributed by atoms with E-state index in [2.05, 4.69) is 0 Å². The highest BCUT2D eigenvalue weighted by molar-refractivity contribution is 6.21. The number of amides is 2. The fraction of sp³-hybridized carbons (Fsp3) is 0.133. The van der Waals surface area contributed by atoms with E-state index in [-0.39, 0.29) is 16.9 Å². The summed E-state index contributed by atoms with van der Waals surface area (Å²) in [6.45, 7) is 3.47. The summed E-state index contributed by atoms with van der Waals surface area (Å²) in [7, 11) is 0. The highest BCUT2D eigenvalue weighted by Crippen LogP contribution is 2.24. The fourth-order valence-corrected chi connectivity index (χ4v) is 2.08. The van der Waals surface area contributed by atoms with Crippen molar-refractivity contribution in [3.63, 3.8) is 0 Å². The maximum absolute atomic E-state index is 12.1. The quantitative estimate of drug-likeness (QED) is 0.791. The van der Waals surface area contributed by atoms with Crippen LogP contribution in [0.15, 0.2) is 34.9 Å². The molecular formula is C15H11NO5. The molecule has 2 amide bonds. The number of imide groups is 1. The maximum atomic E-state index is 12.1. The lowest BCUT2D eigenvalue weighted by Crippen LogP contribution is -2.32. The van der Waals surface area contributed by atoms with E-state index in [9.17, 15) is 14.4 Å². The number of aryl methyl sites for hydroxylation is 1. The van der Waals surface area contributed by atoms with Gasteiger partial charge in [-0.25, -0.2) is 4.79 Å². The van der Waals surface area contributed by atoms with E-state index in [1.54, 1.807) is 26.0 Å². The van der Waals surface area contributed by atoms with Crippen LogP contribution in [-0.2, 0) is 4.84 Å². The van der Waals surface area contributed by atoms with Crippen molar-refractivity contribution in [3.8, 4) is 0 Å². The van der Waals surface area contributed by atoms with E-state index in [0.29, 0.717) is 10.6 Å². The molecule has 0 fully saturated rings. The lowest BCUT2D eigenvalue weighted by Gasteiger charge is -2.11. The summed E-state index contributed by atoms with van der Waals surface area (Å²) in [5, 5.41) is 0.463.